The Bertz CT molecular complexity index is 849. The van der Waals surface area contributed by atoms with Crippen molar-refractivity contribution in [1.29, 1.82) is 0 Å². The molecule has 0 saturated heterocycles. The molecule has 3 heteroatoms. The first-order valence-corrected chi connectivity index (χ1v) is 8.35. The Morgan fingerprint density at radius 2 is 1.58 bits per heavy atom. The summed E-state index contributed by atoms with van der Waals surface area (Å²) in [5.74, 6) is 0.106. The van der Waals surface area contributed by atoms with E-state index in [2.05, 4.69) is 42.0 Å². The zero-order valence-electron chi connectivity index (χ0n) is 13.7. The summed E-state index contributed by atoms with van der Waals surface area (Å²) in [5.41, 5.74) is 4.26. The minimum Gasteiger partial charge on any atom is -0.348 e. The van der Waals surface area contributed by atoms with Gasteiger partial charge in [-0.2, -0.15) is 0 Å². The molecule has 2 aromatic carbocycles. The van der Waals surface area contributed by atoms with E-state index in [1.54, 1.807) is 0 Å². The van der Waals surface area contributed by atoms with E-state index >= 15 is 0 Å². The topological polar surface area (TPSA) is 25.2 Å². The van der Waals surface area contributed by atoms with Crippen molar-refractivity contribution in [3.05, 3.63) is 84.2 Å². The van der Waals surface area contributed by atoms with Crippen molar-refractivity contribution < 1.29 is 4.79 Å². The van der Waals surface area contributed by atoms with E-state index in [9.17, 15) is 4.79 Å². The molecule has 1 aliphatic rings. The first-order valence-electron chi connectivity index (χ1n) is 8.35. The molecular weight excluding hydrogens is 296 g/mol. The van der Waals surface area contributed by atoms with Crippen molar-refractivity contribution in [3.63, 3.8) is 0 Å². The molecule has 1 amide bonds. The third-order valence-corrected chi connectivity index (χ3v) is 4.84. The highest BCUT2D eigenvalue weighted by Crippen LogP contribution is 2.27. The lowest BCUT2D eigenvalue weighted by Crippen LogP contribution is -2.40. The zero-order valence-corrected chi connectivity index (χ0v) is 13.7. The lowest BCUT2D eigenvalue weighted by Gasteiger charge is -2.35. The summed E-state index contributed by atoms with van der Waals surface area (Å²) >= 11 is 0. The molecular formula is C21H20N2O. The van der Waals surface area contributed by atoms with Gasteiger partial charge in [-0.1, -0.05) is 42.5 Å². The summed E-state index contributed by atoms with van der Waals surface area (Å²) in [7, 11) is 0. The van der Waals surface area contributed by atoms with Gasteiger partial charge in [-0.05, 0) is 42.3 Å². The van der Waals surface area contributed by atoms with Gasteiger partial charge < -0.3 is 9.47 Å². The largest absolute Gasteiger partial charge is 0.348 e. The molecule has 0 spiro atoms. The van der Waals surface area contributed by atoms with Crippen LogP contribution in [0.15, 0.2) is 72.9 Å². The molecule has 1 aliphatic heterocycles. The Balaban J connectivity index is 1.57. The van der Waals surface area contributed by atoms with Crippen LogP contribution in [-0.2, 0) is 6.54 Å². The zero-order chi connectivity index (χ0) is 16.5. The molecule has 0 saturated carbocycles. The summed E-state index contributed by atoms with van der Waals surface area (Å²) in [6, 6.07) is 22.4. The van der Waals surface area contributed by atoms with Crippen molar-refractivity contribution >= 4 is 5.91 Å². The molecule has 1 atom stereocenters. The van der Waals surface area contributed by atoms with Gasteiger partial charge in [0.15, 0.2) is 0 Å². The Hall–Kier alpha value is -2.81. The molecule has 0 fully saturated rings. The van der Waals surface area contributed by atoms with E-state index in [4.69, 9.17) is 0 Å². The van der Waals surface area contributed by atoms with Gasteiger partial charge in [0.1, 0.15) is 0 Å². The predicted octanol–water partition coefficient (Wildman–Crippen LogP) is 4.37. The third-order valence-electron chi connectivity index (χ3n) is 4.84. The van der Waals surface area contributed by atoms with Crippen LogP contribution in [0.3, 0.4) is 0 Å². The van der Waals surface area contributed by atoms with Gasteiger partial charge in [0, 0.05) is 30.5 Å². The van der Waals surface area contributed by atoms with Gasteiger partial charge >= 0.3 is 0 Å². The molecule has 1 aromatic heterocycles. The first kappa shape index (κ1) is 14.8. The Morgan fingerprint density at radius 1 is 0.875 bits per heavy atom. The number of hydrogen-bond donors (Lipinski definition) is 0. The van der Waals surface area contributed by atoms with Crippen molar-refractivity contribution in [2.24, 2.45) is 0 Å². The maximum absolute atomic E-state index is 12.9. The van der Waals surface area contributed by atoms with E-state index in [1.807, 2.05) is 47.4 Å². The van der Waals surface area contributed by atoms with Gasteiger partial charge in [-0.3, -0.25) is 4.79 Å². The number of aromatic nitrogens is 1. The molecule has 2 heterocycles. The maximum Gasteiger partial charge on any atom is 0.254 e. The molecule has 3 nitrogen and oxygen atoms in total. The summed E-state index contributed by atoms with van der Waals surface area (Å²) < 4.78 is 2.23. The summed E-state index contributed by atoms with van der Waals surface area (Å²) in [6.07, 6.45) is 2.09. The quantitative estimate of drug-likeness (QED) is 0.689. The number of amides is 1. The smallest absolute Gasteiger partial charge is 0.254 e. The predicted molar refractivity (Wildman–Crippen MR) is 95.8 cm³/mol. The minimum atomic E-state index is 0.106. The lowest BCUT2D eigenvalue weighted by atomic mass is 10.0. The van der Waals surface area contributed by atoms with Crippen LogP contribution in [0.4, 0.5) is 0 Å². The number of nitrogens with zero attached hydrogens (tertiary/aromatic N) is 2. The molecule has 0 bridgehead atoms. The van der Waals surface area contributed by atoms with Gasteiger partial charge in [0.2, 0.25) is 0 Å². The second-order valence-electron chi connectivity index (χ2n) is 6.24. The van der Waals surface area contributed by atoms with Crippen LogP contribution in [0, 0.1) is 0 Å². The van der Waals surface area contributed by atoms with Crippen LogP contribution >= 0.6 is 0 Å². The molecule has 0 aliphatic carbocycles. The van der Waals surface area contributed by atoms with Crippen LogP contribution in [0.5, 0.6) is 0 Å². The highest BCUT2D eigenvalue weighted by atomic mass is 16.2. The fourth-order valence-corrected chi connectivity index (χ4v) is 3.46. The molecule has 120 valence electrons. The second kappa shape index (κ2) is 6.00. The Morgan fingerprint density at radius 3 is 2.33 bits per heavy atom. The van der Waals surface area contributed by atoms with Crippen LogP contribution in [0.2, 0.25) is 0 Å². The molecule has 0 N–H and O–H groups in total. The van der Waals surface area contributed by atoms with Crippen molar-refractivity contribution in [2.45, 2.75) is 19.5 Å². The van der Waals surface area contributed by atoms with E-state index < -0.39 is 0 Å². The fourth-order valence-electron chi connectivity index (χ4n) is 3.46. The standard InChI is InChI=1S/C21H20N2O/c1-16-20-8-5-13-22(20)14-15-23(16)21(24)19-11-9-18(10-12-19)17-6-3-2-4-7-17/h2-13,16H,14-15H2,1H3. The van der Waals surface area contributed by atoms with Crippen LogP contribution in [0.25, 0.3) is 11.1 Å². The van der Waals surface area contributed by atoms with Crippen molar-refractivity contribution in [1.82, 2.24) is 9.47 Å². The average Bonchev–Trinajstić information content (AvgIpc) is 3.12. The monoisotopic (exact) mass is 316 g/mol. The van der Waals surface area contributed by atoms with E-state index in [1.165, 1.54) is 11.3 Å². The van der Waals surface area contributed by atoms with Gasteiger partial charge in [-0.15, -0.1) is 0 Å². The van der Waals surface area contributed by atoms with Crippen molar-refractivity contribution in [2.75, 3.05) is 6.54 Å². The molecule has 0 radical (unpaired) electrons. The number of benzene rings is 2. The number of hydrogen-bond acceptors (Lipinski definition) is 1. The average molecular weight is 316 g/mol. The second-order valence-corrected chi connectivity index (χ2v) is 6.24. The van der Waals surface area contributed by atoms with Gasteiger partial charge in [-0.25, -0.2) is 0 Å². The number of rotatable bonds is 2. The van der Waals surface area contributed by atoms with Crippen LogP contribution in [-0.4, -0.2) is 21.9 Å². The number of carbonyl (C=O) groups is 1. The third kappa shape index (κ3) is 2.52. The van der Waals surface area contributed by atoms with Gasteiger partial charge in [0.25, 0.3) is 5.91 Å². The highest BCUT2D eigenvalue weighted by molar-refractivity contribution is 5.95. The lowest BCUT2D eigenvalue weighted by molar-refractivity contribution is 0.0644. The van der Waals surface area contributed by atoms with E-state index in [0.29, 0.717) is 0 Å². The summed E-state index contributed by atoms with van der Waals surface area (Å²) in [6.45, 7) is 3.71. The highest BCUT2D eigenvalue weighted by Gasteiger charge is 2.27. The molecule has 1 unspecified atom stereocenters. The summed E-state index contributed by atoms with van der Waals surface area (Å²) in [5, 5.41) is 0. The van der Waals surface area contributed by atoms with Crippen LogP contribution < -0.4 is 0 Å². The SMILES string of the molecule is CC1c2cccn2CCN1C(=O)c1ccc(-c2ccccc2)cc1. The number of fused-ring (bicyclic) bond motifs is 1. The normalized spacial score (nSPS) is 16.7. The maximum atomic E-state index is 12.9. The van der Waals surface area contributed by atoms with E-state index in [0.717, 1.165) is 24.2 Å². The van der Waals surface area contributed by atoms with Crippen molar-refractivity contribution in [3.8, 4) is 11.1 Å². The molecule has 4 rings (SSSR count). The first-order chi connectivity index (χ1) is 11.7. The minimum absolute atomic E-state index is 0.106. The molecule has 24 heavy (non-hydrogen) atoms. The Kier molecular flexibility index (Phi) is 3.69. The van der Waals surface area contributed by atoms with E-state index in [-0.39, 0.29) is 11.9 Å². The molecule has 3 aromatic rings. The number of carbonyl (C=O) groups excluding carboxylic acids is 1. The summed E-state index contributed by atoms with van der Waals surface area (Å²) in [4.78, 5) is 14.9. The fraction of sp³-hybridized carbons (Fsp3) is 0.190. The van der Waals surface area contributed by atoms with Gasteiger partial charge in [0.05, 0.1) is 6.04 Å². The Labute approximate surface area is 142 Å². The van der Waals surface area contributed by atoms with Crippen LogP contribution in [0.1, 0.15) is 29.0 Å².